The van der Waals surface area contributed by atoms with Gasteiger partial charge in [-0.05, 0) is 39.8 Å². The smallest absolute Gasteiger partial charge is 0.198 e. The minimum absolute atomic E-state index is 0.283. The van der Waals surface area contributed by atoms with E-state index in [-0.39, 0.29) is 5.75 Å². The lowest BCUT2D eigenvalue weighted by Crippen LogP contribution is -1.80. The van der Waals surface area contributed by atoms with Crippen molar-refractivity contribution in [3.63, 3.8) is 0 Å². The monoisotopic (exact) mass is 236 g/mol. The third-order valence-corrected chi connectivity index (χ3v) is 3.82. The lowest BCUT2D eigenvalue weighted by molar-refractivity contribution is 0.462. The first-order valence-corrected chi connectivity index (χ1v) is 6.41. The predicted molar refractivity (Wildman–Crippen MR) is 61.9 cm³/mol. The van der Waals surface area contributed by atoms with Crippen LogP contribution in [0.3, 0.4) is 0 Å². The molecular weight excluding hydrogens is 228 g/mol. The van der Waals surface area contributed by atoms with Crippen LogP contribution in [0.5, 0.6) is 5.75 Å². The summed E-state index contributed by atoms with van der Waals surface area (Å²) in [6.45, 7) is 0. The average molecular weight is 236 g/mol. The van der Waals surface area contributed by atoms with Gasteiger partial charge in [0.1, 0.15) is 5.75 Å². The second kappa shape index (κ2) is 5.04. The van der Waals surface area contributed by atoms with Crippen molar-refractivity contribution in [2.24, 2.45) is 0 Å². The lowest BCUT2D eigenvalue weighted by Gasteiger charge is -2.01. The van der Waals surface area contributed by atoms with Crippen molar-refractivity contribution in [2.75, 3.05) is 0 Å². The van der Waals surface area contributed by atoms with Gasteiger partial charge in [0.15, 0.2) is 5.16 Å². The third-order valence-electron chi connectivity index (χ3n) is 1.61. The Hall–Kier alpha value is -1.20. The third kappa shape index (κ3) is 2.87. The maximum Gasteiger partial charge on any atom is 0.198 e. The Bertz CT molecular complexity index is 436. The normalized spacial score (nSPS) is 10.1. The second-order valence-corrected chi connectivity index (χ2v) is 4.80. The minimum atomic E-state index is 0.283. The molecule has 76 valence electrons. The number of benzene rings is 1. The summed E-state index contributed by atoms with van der Waals surface area (Å²) in [5.41, 5.74) is 0. The van der Waals surface area contributed by atoms with Gasteiger partial charge in [-0.15, -0.1) is 0 Å². The van der Waals surface area contributed by atoms with Crippen LogP contribution in [0.2, 0.25) is 0 Å². The predicted octanol–water partition coefficient (Wildman–Crippen LogP) is 2.98. The van der Waals surface area contributed by atoms with Gasteiger partial charge in [0, 0.05) is 12.4 Å². The Balaban J connectivity index is 2.03. The summed E-state index contributed by atoms with van der Waals surface area (Å²) >= 11 is 0. The summed E-state index contributed by atoms with van der Waals surface area (Å²) < 4.78 is 0. The number of rotatable bonds is 3. The van der Waals surface area contributed by atoms with E-state index in [0.717, 1.165) is 4.90 Å². The average Bonchev–Trinajstić information content (AvgIpc) is 2.29. The highest BCUT2D eigenvalue weighted by Gasteiger charge is 2.02. The molecule has 3 nitrogen and oxygen atoms in total. The fourth-order valence-electron chi connectivity index (χ4n) is 0.938. The number of aromatic nitrogens is 2. The maximum absolute atomic E-state index is 9.51. The van der Waals surface area contributed by atoms with Crippen molar-refractivity contribution >= 4 is 21.6 Å². The molecule has 15 heavy (non-hydrogen) atoms. The molecule has 1 heterocycles. The summed E-state index contributed by atoms with van der Waals surface area (Å²) in [6.07, 6.45) is 3.39. The molecule has 0 spiro atoms. The first-order valence-electron chi connectivity index (χ1n) is 4.26. The zero-order valence-corrected chi connectivity index (χ0v) is 9.33. The van der Waals surface area contributed by atoms with Crippen LogP contribution in [0.15, 0.2) is 52.8 Å². The highest BCUT2D eigenvalue weighted by molar-refractivity contribution is 8.76. The summed E-state index contributed by atoms with van der Waals surface area (Å²) in [6, 6.07) is 8.97. The topological polar surface area (TPSA) is 46.0 Å². The zero-order chi connectivity index (χ0) is 10.5. The summed E-state index contributed by atoms with van der Waals surface area (Å²) in [7, 11) is 2.86. The lowest BCUT2D eigenvalue weighted by atomic mass is 10.3. The molecule has 0 saturated heterocycles. The molecule has 1 aromatic carbocycles. The molecule has 0 aliphatic carbocycles. The first kappa shape index (κ1) is 10.3. The molecule has 0 radical (unpaired) electrons. The quantitative estimate of drug-likeness (QED) is 0.655. The molecule has 0 unspecified atom stereocenters. The number of nitrogens with zero attached hydrogens (tertiary/aromatic N) is 2. The number of hydrogen-bond donors (Lipinski definition) is 1. The van der Waals surface area contributed by atoms with Gasteiger partial charge in [0.05, 0.1) is 4.90 Å². The van der Waals surface area contributed by atoms with Gasteiger partial charge in [0.2, 0.25) is 0 Å². The molecule has 0 atom stereocenters. The molecule has 0 amide bonds. The van der Waals surface area contributed by atoms with E-state index in [9.17, 15) is 5.11 Å². The summed E-state index contributed by atoms with van der Waals surface area (Å²) in [4.78, 5) is 8.96. The SMILES string of the molecule is Oc1ccccc1SSc1ncccn1. The van der Waals surface area contributed by atoms with E-state index in [1.165, 1.54) is 21.6 Å². The van der Waals surface area contributed by atoms with Gasteiger partial charge in [-0.1, -0.05) is 12.1 Å². The van der Waals surface area contributed by atoms with Crippen molar-refractivity contribution < 1.29 is 5.11 Å². The highest BCUT2D eigenvalue weighted by atomic mass is 33.1. The van der Waals surface area contributed by atoms with Crippen molar-refractivity contribution in [1.29, 1.82) is 0 Å². The van der Waals surface area contributed by atoms with Crippen LogP contribution >= 0.6 is 21.6 Å². The van der Waals surface area contributed by atoms with Gasteiger partial charge in [-0.3, -0.25) is 0 Å². The van der Waals surface area contributed by atoms with Gasteiger partial charge in [-0.2, -0.15) is 0 Å². The zero-order valence-electron chi connectivity index (χ0n) is 7.70. The van der Waals surface area contributed by atoms with E-state index in [0.29, 0.717) is 5.16 Å². The van der Waals surface area contributed by atoms with E-state index in [4.69, 9.17) is 0 Å². The van der Waals surface area contributed by atoms with Crippen LogP contribution in [-0.4, -0.2) is 15.1 Å². The maximum atomic E-state index is 9.51. The Kier molecular flexibility index (Phi) is 3.47. The van der Waals surface area contributed by atoms with E-state index in [1.807, 2.05) is 12.1 Å². The first-order chi connectivity index (χ1) is 7.36. The van der Waals surface area contributed by atoms with Crippen LogP contribution in [0.1, 0.15) is 0 Å². The summed E-state index contributed by atoms with van der Waals surface area (Å²) in [5, 5.41) is 10.2. The molecule has 2 rings (SSSR count). The Morgan fingerprint density at radius 2 is 1.67 bits per heavy atom. The minimum Gasteiger partial charge on any atom is -0.507 e. The van der Waals surface area contributed by atoms with Crippen molar-refractivity contribution in [3.8, 4) is 5.75 Å². The van der Waals surface area contributed by atoms with E-state index in [1.54, 1.807) is 30.6 Å². The Labute approximate surface area is 95.4 Å². The summed E-state index contributed by atoms with van der Waals surface area (Å²) in [5.74, 6) is 0.283. The molecular formula is C10H8N2OS2. The highest BCUT2D eigenvalue weighted by Crippen LogP contribution is 2.39. The van der Waals surface area contributed by atoms with Gasteiger partial charge in [-0.25, -0.2) is 9.97 Å². The van der Waals surface area contributed by atoms with Gasteiger partial charge >= 0.3 is 0 Å². The largest absolute Gasteiger partial charge is 0.507 e. The Morgan fingerprint density at radius 3 is 2.40 bits per heavy atom. The van der Waals surface area contributed by atoms with Crippen LogP contribution in [0, 0.1) is 0 Å². The molecule has 0 fully saturated rings. The number of phenols is 1. The van der Waals surface area contributed by atoms with Crippen LogP contribution in [0.25, 0.3) is 0 Å². The molecule has 0 bridgehead atoms. The fraction of sp³-hybridized carbons (Fsp3) is 0. The number of para-hydroxylation sites is 1. The van der Waals surface area contributed by atoms with Crippen molar-refractivity contribution in [3.05, 3.63) is 42.7 Å². The van der Waals surface area contributed by atoms with Crippen molar-refractivity contribution in [1.82, 2.24) is 9.97 Å². The second-order valence-electron chi connectivity index (χ2n) is 2.67. The van der Waals surface area contributed by atoms with Crippen LogP contribution in [0.4, 0.5) is 0 Å². The Morgan fingerprint density at radius 1 is 0.933 bits per heavy atom. The van der Waals surface area contributed by atoms with E-state index in [2.05, 4.69) is 9.97 Å². The van der Waals surface area contributed by atoms with Crippen molar-refractivity contribution in [2.45, 2.75) is 10.1 Å². The number of hydrogen-bond acceptors (Lipinski definition) is 5. The van der Waals surface area contributed by atoms with Gasteiger partial charge in [0.25, 0.3) is 0 Å². The fourth-order valence-corrected chi connectivity index (χ4v) is 2.77. The molecule has 1 aromatic heterocycles. The number of aromatic hydroxyl groups is 1. The molecule has 0 aliphatic rings. The van der Waals surface area contributed by atoms with Crippen LogP contribution in [-0.2, 0) is 0 Å². The van der Waals surface area contributed by atoms with E-state index >= 15 is 0 Å². The molecule has 5 heteroatoms. The standard InChI is InChI=1S/C10H8N2OS2/c13-8-4-1-2-5-9(8)14-15-10-11-6-3-7-12-10/h1-7,13H. The molecule has 1 N–H and O–H groups in total. The molecule has 0 aliphatic heterocycles. The van der Waals surface area contributed by atoms with E-state index < -0.39 is 0 Å². The van der Waals surface area contributed by atoms with Crippen LogP contribution < -0.4 is 0 Å². The van der Waals surface area contributed by atoms with Gasteiger partial charge < -0.3 is 5.11 Å². The molecule has 0 saturated carbocycles. The number of phenolic OH excluding ortho intramolecular Hbond substituents is 1. The molecule has 2 aromatic rings.